The number of hydrogen-bond donors (Lipinski definition) is 1. The fourth-order valence-electron chi connectivity index (χ4n) is 1.22. The molecule has 6 heteroatoms. The van der Waals surface area contributed by atoms with Gasteiger partial charge in [0.15, 0.2) is 5.82 Å². The number of carbonyl (C=O) groups excluding carboxylic acids is 1. The molecule has 0 amide bonds. The second-order valence-corrected chi connectivity index (χ2v) is 5.45. The van der Waals surface area contributed by atoms with Crippen molar-refractivity contribution in [1.82, 2.24) is 20.6 Å². The van der Waals surface area contributed by atoms with Crippen molar-refractivity contribution in [2.75, 3.05) is 6.61 Å². The van der Waals surface area contributed by atoms with Gasteiger partial charge >= 0.3 is 5.97 Å². The molecule has 0 unspecified atom stereocenters. The van der Waals surface area contributed by atoms with Gasteiger partial charge in [0, 0.05) is 12.0 Å². The Morgan fingerprint density at radius 1 is 1.39 bits per heavy atom. The average Bonchev–Trinajstić information content (AvgIpc) is 2.86. The van der Waals surface area contributed by atoms with E-state index in [1.54, 1.807) is 6.08 Å². The summed E-state index contributed by atoms with van der Waals surface area (Å²) < 4.78 is 4.76. The molecule has 0 radical (unpaired) electrons. The summed E-state index contributed by atoms with van der Waals surface area (Å²) in [5.41, 5.74) is 1.16. The zero-order valence-corrected chi connectivity index (χ0v) is 11.5. The number of ether oxygens (including phenoxy) is 1. The van der Waals surface area contributed by atoms with E-state index in [2.05, 4.69) is 41.4 Å². The Hall–Kier alpha value is -1.72. The van der Waals surface area contributed by atoms with E-state index >= 15 is 0 Å². The Labute approximate surface area is 107 Å². The quantitative estimate of drug-likeness (QED) is 0.771. The van der Waals surface area contributed by atoms with Crippen LogP contribution in [0.2, 0.25) is 0 Å². The molecule has 100 valence electrons. The minimum atomic E-state index is -0.204. The molecule has 0 saturated carbocycles. The van der Waals surface area contributed by atoms with E-state index in [0.717, 1.165) is 11.4 Å². The second kappa shape index (κ2) is 5.75. The third-order valence-electron chi connectivity index (χ3n) is 2.50. The molecule has 1 aromatic rings. The molecule has 18 heavy (non-hydrogen) atoms. The maximum atomic E-state index is 10.6. The summed E-state index contributed by atoms with van der Waals surface area (Å²) >= 11 is 0. The second-order valence-electron chi connectivity index (χ2n) is 5.45. The van der Waals surface area contributed by atoms with E-state index < -0.39 is 0 Å². The number of aromatic nitrogens is 4. The highest BCUT2D eigenvalue weighted by molar-refractivity contribution is 5.85. The largest absolute Gasteiger partial charge is 0.458 e. The van der Waals surface area contributed by atoms with Crippen molar-refractivity contribution < 1.29 is 9.53 Å². The lowest BCUT2D eigenvalue weighted by molar-refractivity contribution is -0.135. The molecule has 2 rings (SSSR count). The van der Waals surface area contributed by atoms with Crippen LogP contribution < -0.4 is 0 Å². The highest BCUT2D eigenvalue weighted by Gasteiger charge is 2.23. The van der Waals surface area contributed by atoms with Crippen LogP contribution in [0.15, 0.2) is 11.6 Å². The van der Waals surface area contributed by atoms with Crippen LogP contribution in [-0.2, 0) is 9.53 Å². The van der Waals surface area contributed by atoms with Gasteiger partial charge in [-0.2, -0.15) is 5.21 Å². The first-order chi connectivity index (χ1) is 8.30. The Kier molecular flexibility index (Phi) is 4.58. The smallest absolute Gasteiger partial charge is 0.331 e. The molecule has 2 heterocycles. The van der Waals surface area contributed by atoms with E-state index in [1.165, 1.54) is 0 Å². The first kappa shape index (κ1) is 14.3. The third kappa shape index (κ3) is 4.27. The van der Waals surface area contributed by atoms with Gasteiger partial charge in [-0.3, -0.25) is 0 Å². The van der Waals surface area contributed by atoms with E-state index in [0.29, 0.717) is 12.5 Å². The van der Waals surface area contributed by atoms with E-state index in [-0.39, 0.29) is 11.4 Å². The summed E-state index contributed by atoms with van der Waals surface area (Å²) in [6.45, 7) is 10.7. The first-order valence-electron chi connectivity index (χ1n) is 5.92. The lowest BCUT2D eigenvalue weighted by Gasteiger charge is -2.17. The van der Waals surface area contributed by atoms with Gasteiger partial charge in [0.1, 0.15) is 6.61 Å². The van der Waals surface area contributed by atoms with Gasteiger partial charge in [-0.1, -0.05) is 39.8 Å². The van der Waals surface area contributed by atoms with Gasteiger partial charge in [-0.15, -0.1) is 10.2 Å². The molecular formula is C12H20N4O2. The molecule has 1 aliphatic heterocycles. The maximum absolute atomic E-state index is 10.6. The van der Waals surface area contributed by atoms with Crippen LogP contribution in [0, 0.1) is 5.41 Å². The highest BCUT2D eigenvalue weighted by atomic mass is 16.5. The molecule has 0 saturated heterocycles. The minimum Gasteiger partial charge on any atom is -0.458 e. The molecule has 0 bridgehead atoms. The monoisotopic (exact) mass is 252 g/mol. The molecular weight excluding hydrogens is 232 g/mol. The number of nitrogens with one attached hydrogen (secondary N) is 1. The van der Waals surface area contributed by atoms with Gasteiger partial charge in [0.2, 0.25) is 0 Å². The standard InChI is InChI=1S/C8H12O2.C4H8N4/c1-8(2,3)6-4-7(9)10-5-6;1-3(2)4-5-7-8-6-4/h4H,5H2,1-3H3;3H,1-2H3,(H,5,6,7,8). The number of carbonyl (C=O) groups is 1. The van der Waals surface area contributed by atoms with Crippen LogP contribution in [-0.4, -0.2) is 33.2 Å². The number of tetrazole rings is 1. The minimum absolute atomic E-state index is 0.0756. The summed E-state index contributed by atoms with van der Waals surface area (Å²) in [6, 6.07) is 0. The molecule has 0 atom stereocenters. The SMILES string of the molecule is CC(C)(C)C1=CC(=O)OC1.CC(C)c1nn[nH]n1. The van der Waals surface area contributed by atoms with Crippen molar-refractivity contribution in [1.29, 1.82) is 0 Å². The van der Waals surface area contributed by atoms with Crippen molar-refractivity contribution in [3.05, 3.63) is 17.5 Å². The molecule has 0 aromatic carbocycles. The summed E-state index contributed by atoms with van der Waals surface area (Å²) in [4.78, 5) is 10.6. The van der Waals surface area contributed by atoms with Crippen LogP contribution in [0.5, 0.6) is 0 Å². The number of cyclic esters (lactones) is 1. The number of nitrogens with zero attached hydrogens (tertiary/aromatic N) is 3. The predicted molar refractivity (Wildman–Crippen MR) is 66.8 cm³/mol. The number of hydrogen-bond acceptors (Lipinski definition) is 5. The van der Waals surface area contributed by atoms with Gasteiger partial charge in [0.05, 0.1) is 0 Å². The van der Waals surface area contributed by atoms with Crippen molar-refractivity contribution >= 4 is 5.97 Å². The van der Waals surface area contributed by atoms with Crippen LogP contribution in [0.4, 0.5) is 0 Å². The van der Waals surface area contributed by atoms with Crippen LogP contribution in [0.1, 0.15) is 46.4 Å². The molecule has 0 aliphatic carbocycles. The summed E-state index contributed by atoms with van der Waals surface area (Å²) in [7, 11) is 0. The van der Waals surface area contributed by atoms with Crippen LogP contribution in [0.3, 0.4) is 0 Å². The van der Waals surface area contributed by atoms with E-state index in [9.17, 15) is 4.79 Å². The van der Waals surface area contributed by atoms with Crippen molar-refractivity contribution in [3.8, 4) is 0 Å². The third-order valence-corrected chi connectivity index (χ3v) is 2.50. The predicted octanol–water partition coefficient (Wildman–Crippen LogP) is 1.84. The number of aromatic amines is 1. The first-order valence-corrected chi connectivity index (χ1v) is 5.92. The zero-order chi connectivity index (χ0) is 13.8. The molecule has 1 aliphatic rings. The fraction of sp³-hybridized carbons (Fsp3) is 0.667. The summed E-state index contributed by atoms with van der Waals surface area (Å²) in [5.74, 6) is 0.934. The highest BCUT2D eigenvalue weighted by Crippen LogP contribution is 2.27. The van der Waals surface area contributed by atoms with Crippen LogP contribution in [0.25, 0.3) is 0 Å². The molecule has 1 aromatic heterocycles. The Bertz CT molecular complexity index is 416. The molecule has 0 fully saturated rings. The lowest BCUT2D eigenvalue weighted by Crippen LogP contribution is -2.10. The van der Waals surface area contributed by atoms with Crippen molar-refractivity contribution in [2.24, 2.45) is 5.41 Å². The van der Waals surface area contributed by atoms with Crippen LogP contribution >= 0.6 is 0 Å². The van der Waals surface area contributed by atoms with E-state index in [1.807, 2.05) is 13.8 Å². The number of rotatable bonds is 1. The van der Waals surface area contributed by atoms with E-state index in [4.69, 9.17) is 4.74 Å². The Morgan fingerprint density at radius 2 is 2.06 bits per heavy atom. The molecule has 0 spiro atoms. The molecule has 6 nitrogen and oxygen atoms in total. The van der Waals surface area contributed by atoms with Gasteiger partial charge in [0.25, 0.3) is 0 Å². The summed E-state index contributed by atoms with van der Waals surface area (Å²) in [5, 5.41) is 13.3. The number of H-pyrrole nitrogens is 1. The van der Waals surface area contributed by atoms with Gasteiger partial charge < -0.3 is 4.74 Å². The lowest BCUT2D eigenvalue weighted by atomic mass is 9.87. The van der Waals surface area contributed by atoms with Gasteiger partial charge in [-0.05, 0) is 11.0 Å². The summed E-state index contributed by atoms with van der Waals surface area (Å²) in [6.07, 6.45) is 1.58. The zero-order valence-electron chi connectivity index (χ0n) is 11.5. The Morgan fingerprint density at radius 3 is 2.28 bits per heavy atom. The maximum Gasteiger partial charge on any atom is 0.331 e. The van der Waals surface area contributed by atoms with Crippen molar-refractivity contribution in [2.45, 2.75) is 40.5 Å². The topological polar surface area (TPSA) is 80.8 Å². The number of esters is 1. The fourth-order valence-corrected chi connectivity index (χ4v) is 1.22. The Balaban J connectivity index is 0.000000184. The van der Waals surface area contributed by atoms with Gasteiger partial charge in [-0.25, -0.2) is 4.79 Å². The normalized spacial score (nSPS) is 15.0. The molecule has 1 N–H and O–H groups in total. The van der Waals surface area contributed by atoms with Crippen molar-refractivity contribution in [3.63, 3.8) is 0 Å². The average molecular weight is 252 g/mol.